The van der Waals surface area contributed by atoms with Gasteiger partial charge in [-0.1, -0.05) is 25.7 Å². The Kier molecular flexibility index (Phi) is 5.16. The molecule has 0 bridgehead atoms. The molecule has 1 aromatic rings. The third kappa shape index (κ3) is 3.20. The van der Waals surface area contributed by atoms with Gasteiger partial charge >= 0.3 is 0 Å². The van der Waals surface area contributed by atoms with Crippen LogP contribution in [0.15, 0.2) is 5.51 Å². The lowest BCUT2D eigenvalue weighted by Gasteiger charge is -2.34. The lowest BCUT2D eigenvalue weighted by molar-refractivity contribution is -0.141. The fourth-order valence-electron chi connectivity index (χ4n) is 3.08. The summed E-state index contributed by atoms with van der Waals surface area (Å²) in [4.78, 5) is 20.1. The molecule has 0 unspecified atom stereocenters. The molecule has 1 aromatic heterocycles. The van der Waals surface area contributed by atoms with Crippen molar-refractivity contribution in [3.63, 3.8) is 0 Å². The van der Waals surface area contributed by atoms with Crippen LogP contribution in [0.25, 0.3) is 0 Å². The van der Waals surface area contributed by atoms with E-state index < -0.39 is 0 Å². The van der Waals surface area contributed by atoms with Gasteiger partial charge in [-0.3, -0.25) is 4.79 Å². The van der Waals surface area contributed by atoms with Crippen molar-refractivity contribution in [2.24, 2.45) is 11.1 Å². The predicted octanol–water partition coefficient (Wildman–Crippen LogP) is 2.71. The Hall–Kier alpha value is -0.940. The number of aromatic nitrogens is 1. The molecule has 2 N–H and O–H groups in total. The summed E-state index contributed by atoms with van der Waals surface area (Å²) in [7, 11) is 1.89. The first kappa shape index (κ1) is 15.4. The van der Waals surface area contributed by atoms with E-state index in [0.29, 0.717) is 13.1 Å². The molecule has 0 spiro atoms. The molecule has 1 heterocycles. The Labute approximate surface area is 125 Å². The smallest absolute Gasteiger partial charge is 0.230 e. The van der Waals surface area contributed by atoms with Crippen LogP contribution in [0.2, 0.25) is 0 Å². The van der Waals surface area contributed by atoms with Gasteiger partial charge in [-0.15, -0.1) is 11.3 Å². The highest BCUT2D eigenvalue weighted by molar-refractivity contribution is 7.09. The zero-order valence-corrected chi connectivity index (χ0v) is 13.3. The zero-order chi connectivity index (χ0) is 14.6. The van der Waals surface area contributed by atoms with Crippen molar-refractivity contribution in [1.29, 1.82) is 0 Å². The van der Waals surface area contributed by atoms with Crippen LogP contribution in [0, 0.1) is 12.3 Å². The normalized spacial score (nSPS) is 18.6. The fraction of sp³-hybridized carbons (Fsp3) is 0.733. The standard InChI is InChI=1S/C15H25N3OS/c1-12-13(20-11-17-12)9-18(2)14(19)15(10-16)7-5-3-4-6-8-15/h11H,3-10,16H2,1-2H3. The lowest BCUT2D eigenvalue weighted by Crippen LogP contribution is -2.46. The third-order valence-corrected chi connectivity index (χ3v) is 5.40. The summed E-state index contributed by atoms with van der Waals surface area (Å²) < 4.78 is 0. The molecular formula is C15H25N3OS. The summed E-state index contributed by atoms with van der Waals surface area (Å²) >= 11 is 1.62. The van der Waals surface area contributed by atoms with Crippen LogP contribution in [0.3, 0.4) is 0 Å². The van der Waals surface area contributed by atoms with Crippen molar-refractivity contribution in [2.75, 3.05) is 13.6 Å². The van der Waals surface area contributed by atoms with Gasteiger partial charge in [0.15, 0.2) is 0 Å². The van der Waals surface area contributed by atoms with Crippen LogP contribution in [0.5, 0.6) is 0 Å². The number of rotatable bonds is 4. The molecule has 1 aliphatic rings. The number of thiazole rings is 1. The van der Waals surface area contributed by atoms with E-state index in [2.05, 4.69) is 4.98 Å². The molecule has 0 atom stereocenters. The number of hydrogen-bond acceptors (Lipinski definition) is 4. The molecule has 0 saturated heterocycles. The highest BCUT2D eigenvalue weighted by atomic mass is 32.1. The van der Waals surface area contributed by atoms with E-state index in [4.69, 9.17) is 5.73 Å². The number of hydrogen-bond donors (Lipinski definition) is 1. The molecule has 0 radical (unpaired) electrons. The lowest BCUT2D eigenvalue weighted by atomic mass is 9.79. The number of carbonyl (C=O) groups excluding carboxylic acids is 1. The summed E-state index contributed by atoms with van der Waals surface area (Å²) in [6.45, 7) is 3.11. The maximum absolute atomic E-state index is 12.9. The molecule has 112 valence electrons. The molecule has 20 heavy (non-hydrogen) atoms. The van der Waals surface area contributed by atoms with E-state index >= 15 is 0 Å². The van der Waals surface area contributed by atoms with E-state index in [1.165, 1.54) is 17.7 Å². The monoisotopic (exact) mass is 295 g/mol. The minimum absolute atomic E-state index is 0.217. The number of carbonyl (C=O) groups is 1. The largest absolute Gasteiger partial charge is 0.340 e. The van der Waals surface area contributed by atoms with Gasteiger partial charge in [-0.05, 0) is 19.8 Å². The van der Waals surface area contributed by atoms with Crippen molar-refractivity contribution in [2.45, 2.75) is 52.0 Å². The molecule has 1 fully saturated rings. The number of nitrogens with zero attached hydrogens (tertiary/aromatic N) is 2. The Balaban J connectivity index is 2.09. The van der Waals surface area contributed by atoms with Crippen molar-refractivity contribution >= 4 is 17.2 Å². The molecular weight excluding hydrogens is 270 g/mol. The number of amides is 1. The summed E-state index contributed by atoms with van der Waals surface area (Å²) in [6, 6.07) is 0. The van der Waals surface area contributed by atoms with Gasteiger partial charge in [0.05, 0.1) is 23.2 Å². The number of aryl methyl sites for hydroxylation is 1. The summed E-state index contributed by atoms with van der Waals surface area (Å²) in [5, 5.41) is 0. The molecule has 4 nitrogen and oxygen atoms in total. The van der Waals surface area contributed by atoms with Crippen molar-refractivity contribution < 1.29 is 4.79 Å². The molecule has 1 aliphatic carbocycles. The van der Waals surface area contributed by atoms with Gasteiger partial charge in [-0.25, -0.2) is 4.98 Å². The van der Waals surface area contributed by atoms with Crippen LogP contribution >= 0.6 is 11.3 Å². The van der Waals surface area contributed by atoms with Gasteiger partial charge in [0, 0.05) is 18.5 Å². The minimum atomic E-state index is -0.330. The highest BCUT2D eigenvalue weighted by Gasteiger charge is 2.39. The average Bonchev–Trinajstić information content (AvgIpc) is 2.72. The van der Waals surface area contributed by atoms with E-state index in [1.807, 2.05) is 24.4 Å². The van der Waals surface area contributed by atoms with Gasteiger partial charge in [-0.2, -0.15) is 0 Å². The first-order valence-electron chi connectivity index (χ1n) is 7.44. The summed E-state index contributed by atoms with van der Waals surface area (Å²) in [5.74, 6) is 0.217. The Morgan fingerprint density at radius 1 is 1.40 bits per heavy atom. The van der Waals surface area contributed by atoms with E-state index in [1.54, 1.807) is 11.3 Å². The molecule has 2 rings (SSSR count). The SMILES string of the molecule is Cc1ncsc1CN(C)C(=O)C1(CN)CCCCCC1. The zero-order valence-electron chi connectivity index (χ0n) is 12.5. The second-order valence-corrected chi connectivity index (χ2v) is 6.86. The minimum Gasteiger partial charge on any atom is -0.340 e. The van der Waals surface area contributed by atoms with Gasteiger partial charge in [0.2, 0.25) is 5.91 Å². The highest BCUT2D eigenvalue weighted by Crippen LogP contribution is 2.36. The van der Waals surface area contributed by atoms with Crippen molar-refractivity contribution in [3.05, 3.63) is 16.1 Å². The first-order valence-corrected chi connectivity index (χ1v) is 8.31. The quantitative estimate of drug-likeness (QED) is 0.869. The second-order valence-electron chi connectivity index (χ2n) is 5.92. The first-order chi connectivity index (χ1) is 9.59. The van der Waals surface area contributed by atoms with Crippen molar-refractivity contribution in [3.8, 4) is 0 Å². The van der Waals surface area contributed by atoms with Crippen LogP contribution in [-0.2, 0) is 11.3 Å². The molecule has 0 aliphatic heterocycles. The Bertz CT molecular complexity index is 450. The second kappa shape index (κ2) is 6.68. The number of nitrogens with two attached hydrogens (primary N) is 1. The molecule has 5 heteroatoms. The van der Waals surface area contributed by atoms with Gasteiger partial charge < -0.3 is 10.6 Å². The van der Waals surface area contributed by atoms with E-state index in [-0.39, 0.29) is 11.3 Å². The molecule has 0 aromatic carbocycles. The van der Waals surface area contributed by atoms with Gasteiger partial charge in [0.25, 0.3) is 0 Å². The van der Waals surface area contributed by atoms with Crippen LogP contribution in [-0.4, -0.2) is 29.4 Å². The van der Waals surface area contributed by atoms with Crippen LogP contribution in [0.1, 0.15) is 49.1 Å². The summed E-state index contributed by atoms with van der Waals surface area (Å²) in [6.07, 6.45) is 6.58. The molecule has 1 saturated carbocycles. The van der Waals surface area contributed by atoms with Crippen LogP contribution in [0.4, 0.5) is 0 Å². The maximum Gasteiger partial charge on any atom is 0.230 e. The Morgan fingerprint density at radius 3 is 2.55 bits per heavy atom. The third-order valence-electron chi connectivity index (χ3n) is 4.48. The van der Waals surface area contributed by atoms with Crippen molar-refractivity contribution in [1.82, 2.24) is 9.88 Å². The maximum atomic E-state index is 12.9. The van der Waals surface area contributed by atoms with Crippen LogP contribution < -0.4 is 5.73 Å². The summed E-state index contributed by atoms with van der Waals surface area (Å²) in [5.41, 5.74) is 8.53. The average molecular weight is 295 g/mol. The Morgan fingerprint density at radius 2 is 2.05 bits per heavy atom. The van der Waals surface area contributed by atoms with Gasteiger partial charge in [0.1, 0.15) is 0 Å². The fourth-order valence-corrected chi connectivity index (χ4v) is 3.91. The van der Waals surface area contributed by atoms with E-state index in [0.717, 1.165) is 31.4 Å². The topological polar surface area (TPSA) is 59.2 Å². The van der Waals surface area contributed by atoms with E-state index in [9.17, 15) is 4.79 Å². The predicted molar refractivity (Wildman–Crippen MR) is 82.5 cm³/mol. The molecule has 1 amide bonds.